The molecule has 17 heavy (non-hydrogen) atoms. The van der Waals surface area contributed by atoms with Gasteiger partial charge in [-0.25, -0.2) is 8.42 Å². The van der Waals surface area contributed by atoms with Crippen LogP contribution in [-0.2, 0) is 14.6 Å². The van der Waals surface area contributed by atoms with E-state index in [4.69, 9.17) is 5.73 Å². The summed E-state index contributed by atoms with van der Waals surface area (Å²) in [4.78, 5) is 12.1. The van der Waals surface area contributed by atoms with Gasteiger partial charge >= 0.3 is 0 Å². The van der Waals surface area contributed by atoms with E-state index in [1.807, 2.05) is 6.92 Å². The van der Waals surface area contributed by atoms with E-state index >= 15 is 0 Å². The number of hydrogen-bond donors (Lipinski definition) is 1. The van der Waals surface area contributed by atoms with Gasteiger partial charge in [0, 0.05) is 18.1 Å². The average molecular weight is 261 g/mol. The molecule has 0 aromatic rings. The minimum atomic E-state index is -3.01. The van der Waals surface area contributed by atoms with Gasteiger partial charge in [-0.1, -0.05) is 13.3 Å². The van der Waals surface area contributed by atoms with Crippen molar-refractivity contribution >= 4 is 15.6 Å². The fourth-order valence-corrected chi connectivity index (χ4v) is 3.76. The lowest BCUT2D eigenvalue weighted by Gasteiger charge is -2.28. The van der Waals surface area contributed by atoms with Gasteiger partial charge in [0.2, 0.25) is 0 Å². The molecular formula is C12H23NO3S. The van der Waals surface area contributed by atoms with Crippen LogP contribution in [0, 0.1) is 11.8 Å². The van der Waals surface area contributed by atoms with Crippen LogP contribution in [0.4, 0.5) is 0 Å². The van der Waals surface area contributed by atoms with Crippen LogP contribution in [0.1, 0.15) is 39.0 Å². The molecule has 0 heterocycles. The van der Waals surface area contributed by atoms with E-state index in [-0.39, 0.29) is 22.9 Å². The maximum absolute atomic E-state index is 12.1. The largest absolute Gasteiger partial charge is 0.330 e. The molecule has 0 radical (unpaired) electrons. The molecule has 2 N–H and O–H groups in total. The van der Waals surface area contributed by atoms with Crippen molar-refractivity contribution in [1.82, 2.24) is 0 Å². The molecule has 0 aromatic heterocycles. The Morgan fingerprint density at radius 3 is 2.59 bits per heavy atom. The number of rotatable bonds is 5. The molecule has 0 aromatic carbocycles. The van der Waals surface area contributed by atoms with E-state index < -0.39 is 9.84 Å². The second-order valence-corrected chi connectivity index (χ2v) is 7.52. The predicted octanol–water partition coefficient (Wildman–Crippen LogP) is 1.14. The third-order valence-corrected chi connectivity index (χ3v) is 5.36. The van der Waals surface area contributed by atoms with Crippen molar-refractivity contribution in [2.24, 2.45) is 17.6 Å². The molecule has 3 atom stereocenters. The zero-order chi connectivity index (χ0) is 13.1. The number of hydrogen-bond acceptors (Lipinski definition) is 4. The average Bonchev–Trinajstić information content (AvgIpc) is 2.27. The standard InChI is InChI=1S/C12H23NO3S/c1-9(6-7-13)12(14)10-4-3-5-11(8-10)17(2,15)16/h9-11H,3-8,13H2,1-2H3. The van der Waals surface area contributed by atoms with Crippen LogP contribution in [0.3, 0.4) is 0 Å². The fraction of sp³-hybridized carbons (Fsp3) is 0.917. The van der Waals surface area contributed by atoms with Crippen molar-refractivity contribution in [3.63, 3.8) is 0 Å². The van der Waals surface area contributed by atoms with Crippen LogP contribution < -0.4 is 5.73 Å². The summed E-state index contributed by atoms with van der Waals surface area (Å²) >= 11 is 0. The summed E-state index contributed by atoms with van der Waals surface area (Å²) in [6.07, 6.45) is 4.84. The number of carbonyl (C=O) groups is 1. The summed E-state index contributed by atoms with van der Waals surface area (Å²) in [5.41, 5.74) is 5.45. The Bertz CT molecular complexity index is 364. The third-order valence-electron chi connectivity index (χ3n) is 3.72. The summed E-state index contributed by atoms with van der Waals surface area (Å²) in [6, 6.07) is 0. The van der Waals surface area contributed by atoms with Crippen LogP contribution in [0.5, 0.6) is 0 Å². The molecule has 1 saturated carbocycles. The van der Waals surface area contributed by atoms with Gasteiger partial charge in [-0.2, -0.15) is 0 Å². The minimum absolute atomic E-state index is 0.0386. The normalized spacial score (nSPS) is 27.7. The highest BCUT2D eigenvalue weighted by Gasteiger charge is 2.33. The van der Waals surface area contributed by atoms with E-state index in [0.717, 1.165) is 12.8 Å². The van der Waals surface area contributed by atoms with Gasteiger partial charge in [0.15, 0.2) is 0 Å². The van der Waals surface area contributed by atoms with Gasteiger partial charge < -0.3 is 5.73 Å². The SMILES string of the molecule is CC(CCN)C(=O)C1CCCC(S(C)(=O)=O)C1. The van der Waals surface area contributed by atoms with Crippen LogP contribution in [0.2, 0.25) is 0 Å². The molecule has 1 aliphatic carbocycles. The Morgan fingerprint density at radius 1 is 1.41 bits per heavy atom. The molecule has 5 heteroatoms. The second-order valence-electron chi connectivity index (χ2n) is 5.20. The number of sulfone groups is 1. The van der Waals surface area contributed by atoms with E-state index in [2.05, 4.69) is 0 Å². The fourth-order valence-electron chi connectivity index (χ4n) is 2.59. The molecule has 4 nitrogen and oxygen atoms in total. The van der Waals surface area contributed by atoms with Gasteiger partial charge in [-0.3, -0.25) is 4.79 Å². The lowest BCUT2D eigenvalue weighted by Crippen LogP contribution is -2.33. The van der Waals surface area contributed by atoms with Gasteiger partial charge in [-0.05, 0) is 32.2 Å². The van der Waals surface area contributed by atoms with Crippen LogP contribution >= 0.6 is 0 Å². The lowest BCUT2D eigenvalue weighted by atomic mass is 9.81. The van der Waals surface area contributed by atoms with Gasteiger partial charge in [0.05, 0.1) is 5.25 Å². The molecule has 1 fully saturated rings. The first-order chi connectivity index (χ1) is 7.86. The van der Waals surface area contributed by atoms with E-state index in [1.54, 1.807) is 0 Å². The topological polar surface area (TPSA) is 77.2 Å². The summed E-state index contributed by atoms with van der Waals surface area (Å²) < 4.78 is 23.0. The smallest absolute Gasteiger partial charge is 0.150 e. The number of carbonyl (C=O) groups excluding carboxylic acids is 1. The monoisotopic (exact) mass is 261 g/mol. The first-order valence-electron chi connectivity index (χ1n) is 6.29. The van der Waals surface area contributed by atoms with E-state index in [9.17, 15) is 13.2 Å². The molecule has 0 saturated heterocycles. The first kappa shape index (κ1) is 14.6. The minimum Gasteiger partial charge on any atom is -0.330 e. The second kappa shape index (κ2) is 5.96. The summed E-state index contributed by atoms with van der Waals surface area (Å²) in [6.45, 7) is 2.40. The highest BCUT2D eigenvalue weighted by atomic mass is 32.2. The zero-order valence-corrected chi connectivity index (χ0v) is 11.5. The van der Waals surface area contributed by atoms with Gasteiger partial charge in [0.1, 0.15) is 15.6 Å². The molecule has 1 aliphatic rings. The molecule has 3 unspecified atom stereocenters. The summed E-state index contributed by atoms with van der Waals surface area (Å²) in [7, 11) is -3.01. The van der Waals surface area contributed by atoms with E-state index in [1.165, 1.54) is 6.26 Å². The molecule has 0 spiro atoms. The molecule has 0 aliphatic heterocycles. The first-order valence-corrected chi connectivity index (χ1v) is 8.24. The predicted molar refractivity (Wildman–Crippen MR) is 68.4 cm³/mol. The van der Waals surface area contributed by atoms with Crippen LogP contribution in [0.25, 0.3) is 0 Å². The zero-order valence-electron chi connectivity index (χ0n) is 10.7. The summed E-state index contributed by atoms with van der Waals surface area (Å²) in [5.74, 6) is 0.0807. The summed E-state index contributed by atoms with van der Waals surface area (Å²) in [5, 5.41) is -0.324. The van der Waals surface area contributed by atoms with Crippen LogP contribution in [0.15, 0.2) is 0 Å². The Kier molecular flexibility index (Phi) is 5.13. The number of Topliss-reactive ketones (excluding diaryl/α,β-unsaturated/α-hetero) is 1. The van der Waals surface area contributed by atoms with Crippen molar-refractivity contribution in [3.05, 3.63) is 0 Å². The maximum atomic E-state index is 12.1. The maximum Gasteiger partial charge on any atom is 0.150 e. The molecule has 100 valence electrons. The lowest BCUT2D eigenvalue weighted by molar-refractivity contribution is -0.127. The van der Waals surface area contributed by atoms with E-state index in [0.29, 0.717) is 25.8 Å². The van der Waals surface area contributed by atoms with Crippen molar-refractivity contribution in [2.45, 2.75) is 44.3 Å². The Labute approximate surface area is 104 Å². The van der Waals surface area contributed by atoms with Gasteiger partial charge in [0.25, 0.3) is 0 Å². The number of ketones is 1. The highest BCUT2D eigenvalue weighted by Crippen LogP contribution is 2.31. The van der Waals surface area contributed by atoms with Crippen molar-refractivity contribution in [1.29, 1.82) is 0 Å². The quantitative estimate of drug-likeness (QED) is 0.805. The molecule has 1 rings (SSSR count). The Morgan fingerprint density at radius 2 is 2.06 bits per heavy atom. The Hall–Kier alpha value is -0.420. The van der Waals surface area contributed by atoms with Crippen molar-refractivity contribution in [3.8, 4) is 0 Å². The number of nitrogens with two attached hydrogens (primary N) is 1. The van der Waals surface area contributed by atoms with Gasteiger partial charge in [-0.15, -0.1) is 0 Å². The Balaban J connectivity index is 2.64. The molecular weight excluding hydrogens is 238 g/mol. The molecule has 0 amide bonds. The third kappa shape index (κ3) is 4.07. The van der Waals surface area contributed by atoms with Crippen molar-refractivity contribution < 1.29 is 13.2 Å². The molecule has 0 bridgehead atoms. The van der Waals surface area contributed by atoms with Crippen LogP contribution in [-0.4, -0.2) is 32.3 Å². The van der Waals surface area contributed by atoms with Crippen molar-refractivity contribution in [2.75, 3.05) is 12.8 Å². The highest BCUT2D eigenvalue weighted by molar-refractivity contribution is 7.91.